The summed E-state index contributed by atoms with van der Waals surface area (Å²) in [6, 6.07) is 23.4. The van der Waals surface area contributed by atoms with Crippen molar-refractivity contribution in [2.24, 2.45) is 0 Å². The summed E-state index contributed by atoms with van der Waals surface area (Å²) >= 11 is 0. The molecule has 0 unspecified atom stereocenters. The smallest absolute Gasteiger partial charge is 0.0476 e. The molecule has 0 amide bonds. The van der Waals surface area contributed by atoms with Gasteiger partial charge in [0.15, 0.2) is 0 Å². The lowest BCUT2D eigenvalue weighted by atomic mass is 9.82. The topological polar surface area (TPSA) is 26.0 Å². The van der Waals surface area contributed by atoms with E-state index in [1.165, 1.54) is 27.8 Å². The average Bonchev–Trinajstić information content (AvgIpc) is 2.78. The van der Waals surface area contributed by atoms with Gasteiger partial charge in [-0.05, 0) is 22.3 Å². The summed E-state index contributed by atoms with van der Waals surface area (Å²) < 4.78 is 0. The molecule has 0 fully saturated rings. The maximum absolute atomic E-state index is 6.60. The Morgan fingerprint density at radius 3 is 2.14 bits per heavy atom. The Balaban J connectivity index is 2.03. The van der Waals surface area contributed by atoms with Gasteiger partial charge in [0.1, 0.15) is 0 Å². The number of fused-ring (bicyclic) bond motifs is 3. The monoisotopic (exact) mass is 285 g/mol. The summed E-state index contributed by atoms with van der Waals surface area (Å²) in [6.07, 6.45) is 0. The second kappa shape index (κ2) is 4.48. The lowest BCUT2D eigenvalue weighted by Crippen LogP contribution is -2.15. The van der Waals surface area contributed by atoms with Crippen LogP contribution in [-0.2, 0) is 5.41 Å². The van der Waals surface area contributed by atoms with Crippen molar-refractivity contribution in [2.75, 3.05) is 5.73 Å². The Morgan fingerprint density at radius 2 is 1.36 bits per heavy atom. The van der Waals surface area contributed by atoms with E-state index in [1.54, 1.807) is 0 Å². The van der Waals surface area contributed by atoms with Crippen molar-refractivity contribution in [3.63, 3.8) is 0 Å². The molecular formula is C21H19N. The van der Waals surface area contributed by atoms with Gasteiger partial charge in [0.2, 0.25) is 0 Å². The summed E-state index contributed by atoms with van der Waals surface area (Å²) in [5.41, 5.74) is 15.0. The Kier molecular flexibility index (Phi) is 2.67. The molecule has 0 aliphatic heterocycles. The highest BCUT2D eigenvalue weighted by molar-refractivity contribution is 5.95. The molecule has 0 aromatic heterocycles. The van der Waals surface area contributed by atoms with Crippen LogP contribution >= 0.6 is 0 Å². The van der Waals surface area contributed by atoms with E-state index in [1.807, 2.05) is 6.07 Å². The van der Waals surface area contributed by atoms with E-state index in [4.69, 9.17) is 5.73 Å². The van der Waals surface area contributed by atoms with Crippen LogP contribution in [0.1, 0.15) is 25.0 Å². The van der Waals surface area contributed by atoms with Gasteiger partial charge in [0.25, 0.3) is 0 Å². The number of hydrogen-bond acceptors (Lipinski definition) is 1. The Morgan fingerprint density at radius 1 is 0.682 bits per heavy atom. The summed E-state index contributed by atoms with van der Waals surface area (Å²) in [7, 11) is 0. The van der Waals surface area contributed by atoms with Crippen LogP contribution in [0.3, 0.4) is 0 Å². The minimum Gasteiger partial charge on any atom is -0.398 e. The highest BCUT2D eigenvalue weighted by Crippen LogP contribution is 2.52. The predicted molar refractivity (Wildman–Crippen MR) is 93.9 cm³/mol. The summed E-state index contributed by atoms with van der Waals surface area (Å²) in [4.78, 5) is 0. The number of nitrogens with two attached hydrogens (primary N) is 1. The molecule has 0 spiro atoms. The Hall–Kier alpha value is -2.54. The van der Waals surface area contributed by atoms with Crippen molar-refractivity contribution in [3.05, 3.63) is 77.9 Å². The molecule has 1 nitrogen and oxygen atoms in total. The highest BCUT2D eigenvalue weighted by atomic mass is 14.6. The maximum atomic E-state index is 6.60. The number of anilines is 1. The van der Waals surface area contributed by atoms with Gasteiger partial charge in [-0.3, -0.25) is 0 Å². The van der Waals surface area contributed by atoms with Crippen molar-refractivity contribution in [1.29, 1.82) is 0 Å². The number of hydrogen-bond donors (Lipinski definition) is 1. The van der Waals surface area contributed by atoms with Crippen LogP contribution in [-0.4, -0.2) is 0 Å². The van der Waals surface area contributed by atoms with Crippen LogP contribution in [0.2, 0.25) is 0 Å². The largest absolute Gasteiger partial charge is 0.398 e. The third kappa shape index (κ3) is 1.66. The number of benzene rings is 3. The quantitative estimate of drug-likeness (QED) is 0.608. The first-order valence-electron chi connectivity index (χ1n) is 7.69. The third-order valence-corrected chi connectivity index (χ3v) is 4.87. The molecule has 1 heteroatoms. The van der Waals surface area contributed by atoms with Crippen molar-refractivity contribution in [1.82, 2.24) is 0 Å². The zero-order chi connectivity index (χ0) is 15.3. The van der Waals surface area contributed by atoms with Crippen LogP contribution in [0.4, 0.5) is 5.69 Å². The zero-order valence-electron chi connectivity index (χ0n) is 12.9. The summed E-state index contributed by atoms with van der Waals surface area (Å²) in [6.45, 7) is 4.55. The standard InChI is InChI=1S/C21H19N/c1-21(2)17-11-7-6-10-16(17)19-18(21)13-12-15(20(19)22)14-8-4-3-5-9-14/h3-13H,22H2,1-2H3. The van der Waals surface area contributed by atoms with Crippen molar-refractivity contribution >= 4 is 5.69 Å². The second-order valence-corrected chi connectivity index (χ2v) is 6.49. The van der Waals surface area contributed by atoms with Crippen LogP contribution in [0.15, 0.2) is 66.7 Å². The predicted octanol–water partition coefficient (Wildman–Crippen LogP) is 5.24. The maximum Gasteiger partial charge on any atom is 0.0476 e. The average molecular weight is 285 g/mol. The highest BCUT2D eigenvalue weighted by Gasteiger charge is 2.36. The molecule has 0 heterocycles. The molecule has 0 saturated heterocycles. The molecule has 2 N–H and O–H groups in total. The molecule has 0 radical (unpaired) electrons. The number of rotatable bonds is 1. The van der Waals surface area contributed by atoms with Crippen LogP contribution < -0.4 is 5.73 Å². The Labute approximate surface area is 131 Å². The van der Waals surface area contributed by atoms with E-state index in [0.29, 0.717) is 0 Å². The van der Waals surface area contributed by atoms with Crippen LogP contribution in [0.5, 0.6) is 0 Å². The molecule has 3 aromatic rings. The van der Waals surface area contributed by atoms with Crippen LogP contribution in [0, 0.1) is 0 Å². The van der Waals surface area contributed by atoms with Gasteiger partial charge in [0.05, 0.1) is 0 Å². The van der Waals surface area contributed by atoms with E-state index in [-0.39, 0.29) is 5.41 Å². The summed E-state index contributed by atoms with van der Waals surface area (Å²) in [5, 5.41) is 0. The lowest BCUT2D eigenvalue weighted by Gasteiger charge is -2.22. The molecule has 22 heavy (non-hydrogen) atoms. The van der Waals surface area contributed by atoms with E-state index < -0.39 is 0 Å². The fraction of sp³-hybridized carbons (Fsp3) is 0.143. The molecule has 0 bridgehead atoms. The first-order chi connectivity index (χ1) is 10.6. The van der Waals surface area contributed by atoms with Crippen molar-refractivity contribution in [2.45, 2.75) is 19.3 Å². The molecule has 108 valence electrons. The van der Waals surface area contributed by atoms with E-state index in [2.05, 4.69) is 74.5 Å². The minimum absolute atomic E-state index is 0.00919. The van der Waals surface area contributed by atoms with Gasteiger partial charge in [0, 0.05) is 22.2 Å². The number of nitrogen functional groups attached to an aromatic ring is 1. The molecule has 4 rings (SSSR count). The second-order valence-electron chi connectivity index (χ2n) is 6.49. The fourth-order valence-corrected chi connectivity index (χ4v) is 3.69. The SMILES string of the molecule is CC1(C)c2ccccc2-c2c1ccc(-c1ccccc1)c2N. The first-order valence-corrected chi connectivity index (χ1v) is 7.69. The van der Waals surface area contributed by atoms with Gasteiger partial charge in [-0.1, -0.05) is 80.6 Å². The third-order valence-electron chi connectivity index (χ3n) is 4.87. The van der Waals surface area contributed by atoms with Gasteiger partial charge in [-0.15, -0.1) is 0 Å². The van der Waals surface area contributed by atoms with Gasteiger partial charge < -0.3 is 5.73 Å². The van der Waals surface area contributed by atoms with Gasteiger partial charge in [-0.2, -0.15) is 0 Å². The first kappa shape index (κ1) is 13.1. The molecule has 0 saturated carbocycles. The normalized spacial score (nSPS) is 14.5. The lowest BCUT2D eigenvalue weighted by molar-refractivity contribution is 0.660. The molecule has 1 aliphatic carbocycles. The van der Waals surface area contributed by atoms with Crippen molar-refractivity contribution in [3.8, 4) is 22.3 Å². The van der Waals surface area contributed by atoms with E-state index in [0.717, 1.165) is 11.3 Å². The van der Waals surface area contributed by atoms with Gasteiger partial charge >= 0.3 is 0 Å². The zero-order valence-corrected chi connectivity index (χ0v) is 12.9. The van der Waals surface area contributed by atoms with E-state index in [9.17, 15) is 0 Å². The molecule has 1 aliphatic rings. The minimum atomic E-state index is 0.00919. The molecule has 0 atom stereocenters. The molecule has 3 aromatic carbocycles. The van der Waals surface area contributed by atoms with Crippen molar-refractivity contribution < 1.29 is 0 Å². The van der Waals surface area contributed by atoms with Gasteiger partial charge in [-0.25, -0.2) is 0 Å². The molecular weight excluding hydrogens is 266 g/mol. The van der Waals surface area contributed by atoms with Crippen LogP contribution in [0.25, 0.3) is 22.3 Å². The van der Waals surface area contributed by atoms with E-state index >= 15 is 0 Å². The Bertz CT molecular complexity index is 860. The summed E-state index contributed by atoms with van der Waals surface area (Å²) in [5.74, 6) is 0. The fourth-order valence-electron chi connectivity index (χ4n) is 3.69.